The summed E-state index contributed by atoms with van der Waals surface area (Å²) in [6.07, 6.45) is 1.84. The molecule has 174 valence electrons. The van der Waals surface area contributed by atoms with Crippen LogP contribution in [-0.4, -0.2) is 61.3 Å². The van der Waals surface area contributed by atoms with Crippen LogP contribution in [0, 0.1) is 6.92 Å². The first kappa shape index (κ1) is 22.6. The lowest BCUT2D eigenvalue weighted by atomic mass is 10.1. The van der Waals surface area contributed by atoms with Crippen LogP contribution < -0.4 is 25.3 Å². The minimum atomic E-state index is 0.370. The highest BCUT2D eigenvalue weighted by atomic mass is 15.3. The molecule has 1 fully saturated rings. The second-order valence-corrected chi connectivity index (χ2v) is 8.92. The quantitative estimate of drug-likeness (QED) is 0.561. The number of nitrogens with zero attached hydrogens (tertiary/aromatic N) is 6. The normalized spacial score (nSPS) is 13.9. The molecule has 8 nitrogen and oxygen atoms in total. The zero-order valence-electron chi connectivity index (χ0n) is 20.2. The van der Waals surface area contributed by atoms with Gasteiger partial charge in [0.25, 0.3) is 0 Å². The van der Waals surface area contributed by atoms with Crippen molar-refractivity contribution in [3.63, 3.8) is 0 Å². The lowest BCUT2D eigenvalue weighted by Gasteiger charge is -2.35. The molecule has 1 aliphatic heterocycles. The van der Waals surface area contributed by atoms with Gasteiger partial charge in [-0.25, -0.2) is 4.98 Å². The lowest BCUT2D eigenvalue weighted by Crippen LogP contribution is -2.47. The van der Waals surface area contributed by atoms with E-state index in [1.165, 1.54) is 5.56 Å². The Kier molecular flexibility index (Phi) is 6.82. The van der Waals surface area contributed by atoms with Crippen LogP contribution in [-0.2, 0) is 0 Å². The summed E-state index contributed by atoms with van der Waals surface area (Å²) in [5, 5.41) is 7.00. The number of pyridine rings is 1. The Morgan fingerprint density at radius 3 is 2.36 bits per heavy atom. The molecule has 3 heterocycles. The molecule has 4 rings (SSSR count). The van der Waals surface area contributed by atoms with Gasteiger partial charge in [0.2, 0.25) is 5.95 Å². The average molecular weight is 447 g/mol. The first-order valence-electron chi connectivity index (χ1n) is 11.5. The van der Waals surface area contributed by atoms with Gasteiger partial charge in [-0.15, -0.1) is 0 Å². The molecule has 0 saturated carbocycles. The van der Waals surface area contributed by atoms with E-state index < -0.39 is 0 Å². The monoisotopic (exact) mass is 446 g/mol. The van der Waals surface area contributed by atoms with Gasteiger partial charge in [0, 0.05) is 70.0 Å². The highest BCUT2D eigenvalue weighted by Crippen LogP contribution is 2.26. The van der Waals surface area contributed by atoms with Gasteiger partial charge in [-0.3, -0.25) is 0 Å². The Bertz CT molecular complexity index is 1060. The predicted molar refractivity (Wildman–Crippen MR) is 138 cm³/mol. The van der Waals surface area contributed by atoms with Gasteiger partial charge in [-0.2, -0.15) is 9.97 Å². The third-order valence-corrected chi connectivity index (χ3v) is 5.65. The molecule has 8 heteroatoms. The van der Waals surface area contributed by atoms with Crippen LogP contribution in [0.5, 0.6) is 0 Å². The number of piperazine rings is 1. The van der Waals surface area contributed by atoms with E-state index >= 15 is 0 Å². The largest absolute Gasteiger partial charge is 0.383 e. The van der Waals surface area contributed by atoms with Crippen LogP contribution in [0.4, 0.5) is 34.8 Å². The molecule has 33 heavy (non-hydrogen) atoms. The fourth-order valence-electron chi connectivity index (χ4n) is 3.85. The van der Waals surface area contributed by atoms with Crippen molar-refractivity contribution >= 4 is 34.8 Å². The molecule has 0 radical (unpaired) electrons. The van der Waals surface area contributed by atoms with E-state index in [0.717, 1.165) is 61.0 Å². The van der Waals surface area contributed by atoms with E-state index in [4.69, 9.17) is 9.97 Å². The van der Waals surface area contributed by atoms with Crippen molar-refractivity contribution in [2.45, 2.75) is 26.8 Å². The van der Waals surface area contributed by atoms with Crippen LogP contribution in [0.2, 0.25) is 0 Å². The summed E-state index contributed by atoms with van der Waals surface area (Å²) in [6.45, 7) is 9.88. The molecule has 0 bridgehead atoms. The molecule has 0 unspecified atom stereocenters. The number of rotatable bonds is 7. The van der Waals surface area contributed by atoms with Gasteiger partial charge in [-0.05, 0) is 50.6 Å². The highest BCUT2D eigenvalue weighted by molar-refractivity contribution is 5.67. The van der Waals surface area contributed by atoms with Gasteiger partial charge in [0.1, 0.15) is 17.5 Å². The molecule has 0 amide bonds. The second-order valence-electron chi connectivity index (χ2n) is 8.92. The van der Waals surface area contributed by atoms with Gasteiger partial charge in [-0.1, -0.05) is 12.1 Å². The number of nitrogens with one attached hydrogen (secondary N) is 2. The number of hydrogen-bond donors (Lipinski definition) is 2. The standard InChI is InChI=1S/C25H34N8/c1-18(2)27-21-16-20(10-9-19(21)3)28-22-17-24(31(4)5)30-25(29-22)33-14-12-32(13-15-33)23-8-6-7-11-26-23/h6-11,16-18,27H,12-15H2,1-5H3,(H,28,29,30). The van der Waals surface area contributed by atoms with Crippen LogP contribution in [0.15, 0.2) is 48.7 Å². The van der Waals surface area contributed by atoms with E-state index in [-0.39, 0.29) is 0 Å². The molecule has 1 aromatic carbocycles. The maximum absolute atomic E-state index is 4.87. The molecule has 1 aliphatic rings. The molecule has 2 N–H and O–H groups in total. The number of aromatic nitrogens is 3. The molecule has 3 aromatic rings. The van der Waals surface area contributed by atoms with Crippen molar-refractivity contribution in [2.24, 2.45) is 0 Å². The minimum Gasteiger partial charge on any atom is -0.383 e. The molecular weight excluding hydrogens is 412 g/mol. The number of aryl methyl sites for hydroxylation is 1. The summed E-state index contributed by atoms with van der Waals surface area (Å²) in [4.78, 5) is 20.7. The average Bonchev–Trinajstić information content (AvgIpc) is 2.81. The van der Waals surface area contributed by atoms with Crippen molar-refractivity contribution < 1.29 is 0 Å². The van der Waals surface area contributed by atoms with Gasteiger partial charge in [0.15, 0.2) is 0 Å². The summed E-state index contributed by atoms with van der Waals surface area (Å²) in [5.74, 6) is 3.43. The summed E-state index contributed by atoms with van der Waals surface area (Å²) in [6, 6.07) is 14.7. The minimum absolute atomic E-state index is 0.370. The predicted octanol–water partition coefficient (Wildman–Crippen LogP) is 4.14. The Morgan fingerprint density at radius 1 is 0.939 bits per heavy atom. The fraction of sp³-hybridized carbons (Fsp3) is 0.400. The Morgan fingerprint density at radius 2 is 1.70 bits per heavy atom. The summed E-state index contributed by atoms with van der Waals surface area (Å²) in [7, 11) is 4.01. The zero-order chi connectivity index (χ0) is 23.4. The van der Waals surface area contributed by atoms with Crippen LogP contribution in [0.3, 0.4) is 0 Å². The number of hydrogen-bond acceptors (Lipinski definition) is 8. The van der Waals surface area contributed by atoms with E-state index in [1.54, 1.807) is 0 Å². The Balaban J connectivity index is 1.53. The van der Waals surface area contributed by atoms with E-state index in [0.29, 0.717) is 6.04 Å². The van der Waals surface area contributed by atoms with E-state index in [1.807, 2.05) is 43.4 Å². The lowest BCUT2D eigenvalue weighted by molar-refractivity contribution is 0.635. The van der Waals surface area contributed by atoms with Crippen LogP contribution in [0.1, 0.15) is 19.4 Å². The van der Waals surface area contributed by atoms with Crippen molar-refractivity contribution in [2.75, 3.05) is 65.6 Å². The SMILES string of the molecule is Cc1ccc(Nc2cc(N(C)C)nc(N3CCN(c4ccccn4)CC3)n2)cc1NC(C)C. The number of anilines is 6. The van der Waals surface area contributed by atoms with Gasteiger partial charge in [0.05, 0.1) is 0 Å². The van der Waals surface area contributed by atoms with Crippen molar-refractivity contribution in [1.29, 1.82) is 0 Å². The molecule has 0 aliphatic carbocycles. The fourth-order valence-corrected chi connectivity index (χ4v) is 3.85. The molecular formula is C25H34N8. The molecule has 1 saturated heterocycles. The third kappa shape index (κ3) is 5.63. The number of benzene rings is 1. The molecule has 0 spiro atoms. The smallest absolute Gasteiger partial charge is 0.229 e. The van der Waals surface area contributed by atoms with Crippen LogP contribution in [0.25, 0.3) is 0 Å². The van der Waals surface area contributed by atoms with Crippen LogP contribution >= 0.6 is 0 Å². The first-order chi connectivity index (χ1) is 15.9. The maximum Gasteiger partial charge on any atom is 0.229 e. The topological polar surface area (TPSA) is 72.5 Å². The third-order valence-electron chi connectivity index (χ3n) is 5.65. The van der Waals surface area contributed by atoms with E-state index in [9.17, 15) is 0 Å². The van der Waals surface area contributed by atoms with Crippen molar-refractivity contribution in [3.8, 4) is 0 Å². The van der Waals surface area contributed by atoms with Crippen molar-refractivity contribution in [3.05, 3.63) is 54.2 Å². The molecule has 2 aromatic heterocycles. The second kappa shape index (κ2) is 9.94. The highest BCUT2D eigenvalue weighted by Gasteiger charge is 2.21. The van der Waals surface area contributed by atoms with Gasteiger partial charge >= 0.3 is 0 Å². The zero-order valence-corrected chi connectivity index (χ0v) is 20.2. The molecule has 0 atom stereocenters. The maximum atomic E-state index is 4.87. The summed E-state index contributed by atoms with van der Waals surface area (Å²) in [5.41, 5.74) is 3.35. The summed E-state index contributed by atoms with van der Waals surface area (Å²) < 4.78 is 0. The van der Waals surface area contributed by atoms with E-state index in [2.05, 4.69) is 70.5 Å². The Labute approximate surface area is 196 Å². The summed E-state index contributed by atoms with van der Waals surface area (Å²) >= 11 is 0. The van der Waals surface area contributed by atoms with Gasteiger partial charge < -0.3 is 25.3 Å². The first-order valence-corrected chi connectivity index (χ1v) is 11.5. The Hall–Kier alpha value is -3.55. The van der Waals surface area contributed by atoms with Crippen molar-refractivity contribution in [1.82, 2.24) is 15.0 Å².